The zero-order chi connectivity index (χ0) is 11.2. The van der Waals surface area contributed by atoms with E-state index in [9.17, 15) is 0 Å². The van der Waals surface area contributed by atoms with Gasteiger partial charge in [0, 0.05) is 0 Å². The van der Waals surface area contributed by atoms with Gasteiger partial charge in [-0.15, -0.1) is 0 Å². The minimum Gasteiger partial charge on any atom is -0.168 e. The SMILES string of the molecule is CCCC.Cc1ccccc1.O=S=O. The number of rotatable bonds is 1. The second-order valence-corrected chi connectivity index (χ2v) is 2.86. The van der Waals surface area contributed by atoms with Crippen molar-refractivity contribution in [3.8, 4) is 0 Å². The second-order valence-electron chi connectivity index (χ2n) is 2.72. The predicted molar refractivity (Wildman–Crippen MR) is 60.7 cm³/mol. The molecule has 3 heteroatoms. The molecule has 0 heterocycles. The van der Waals surface area contributed by atoms with Gasteiger partial charge >= 0.3 is 11.6 Å². The monoisotopic (exact) mass is 214 g/mol. The molecule has 80 valence electrons. The van der Waals surface area contributed by atoms with Crippen molar-refractivity contribution >= 4 is 11.6 Å². The van der Waals surface area contributed by atoms with Crippen molar-refractivity contribution in [3.63, 3.8) is 0 Å². The van der Waals surface area contributed by atoms with Gasteiger partial charge in [-0.05, 0) is 6.92 Å². The van der Waals surface area contributed by atoms with E-state index in [1.54, 1.807) is 0 Å². The highest BCUT2D eigenvalue weighted by Crippen LogP contribution is 1.92. The molecule has 0 radical (unpaired) electrons. The van der Waals surface area contributed by atoms with Crippen LogP contribution < -0.4 is 0 Å². The summed E-state index contributed by atoms with van der Waals surface area (Å²) < 4.78 is 16.6. The Morgan fingerprint density at radius 1 is 1.00 bits per heavy atom. The normalized spacial score (nSPS) is 7.36. The van der Waals surface area contributed by atoms with Crippen LogP contribution in [0.4, 0.5) is 0 Å². The fourth-order valence-corrected chi connectivity index (χ4v) is 0.534. The van der Waals surface area contributed by atoms with E-state index in [0.29, 0.717) is 0 Å². The molecule has 1 aromatic carbocycles. The summed E-state index contributed by atoms with van der Waals surface area (Å²) in [6, 6.07) is 10.3. The lowest BCUT2D eigenvalue weighted by molar-refractivity contribution is 0.630. The summed E-state index contributed by atoms with van der Waals surface area (Å²) in [6.45, 7) is 6.44. The molecule has 0 saturated carbocycles. The molecular weight excluding hydrogens is 196 g/mol. The summed E-state index contributed by atoms with van der Waals surface area (Å²) in [4.78, 5) is 0. The van der Waals surface area contributed by atoms with Crippen molar-refractivity contribution in [2.75, 3.05) is 0 Å². The first-order valence-electron chi connectivity index (χ1n) is 4.66. The van der Waals surface area contributed by atoms with Crippen LogP contribution in [0.5, 0.6) is 0 Å². The molecule has 2 nitrogen and oxygen atoms in total. The van der Waals surface area contributed by atoms with Gasteiger partial charge in [0.1, 0.15) is 0 Å². The van der Waals surface area contributed by atoms with Crippen LogP contribution in [0.1, 0.15) is 32.3 Å². The number of hydrogen-bond donors (Lipinski definition) is 0. The van der Waals surface area contributed by atoms with Crippen molar-refractivity contribution in [2.45, 2.75) is 33.6 Å². The lowest BCUT2D eigenvalue weighted by Crippen LogP contribution is -1.62. The zero-order valence-corrected chi connectivity index (χ0v) is 9.84. The smallest absolute Gasteiger partial charge is 0.168 e. The average Bonchev–Trinajstić information content (AvgIpc) is 2.21. The van der Waals surface area contributed by atoms with Crippen LogP contribution in [0.25, 0.3) is 0 Å². The summed E-state index contributed by atoms with van der Waals surface area (Å²) in [7, 11) is 0. The zero-order valence-electron chi connectivity index (χ0n) is 9.03. The maximum Gasteiger partial charge on any atom is 0.335 e. The molecule has 14 heavy (non-hydrogen) atoms. The number of benzene rings is 1. The van der Waals surface area contributed by atoms with Crippen LogP contribution >= 0.6 is 0 Å². The van der Waals surface area contributed by atoms with Crippen LogP contribution in [0.15, 0.2) is 30.3 Å². The molecule has 0 unspecified atom stereocenters. The van der Waals surface area contributed by atoms with Crippen molar-refractivity contribution < 1.29 is 8.42 Å². The van der Waals surface area contributed by atoms with Gasteiger partial charge in [-0.25, -0.2) is 0 Å². The second kappa shape index (κ2) is 14.6. The lowest BCUT2D eigenvalue weighted by atomic mass is 10.2. The van der Waals surface area contributed by atoms with E-state index < -0.39 is 11.6 Å². The van der Waals surface area contributed by atoms with Crippen LogP contribution in [0, 0.1) is 6.92 Å². The quantitative estimate of drug-likeness (QED) is 0.719. The molecule has 0 saturated heterocycles. The van der Waals surface area contributed by atoms with E-state index in [1.807, 2.05) is 18.2 Å². The minimum atomic E-state index is -0.750. The first-order chi connectivity index (χ1) is 6.72. The highest BCUT2D eigenvalue weighted by atomic mass is 32.1. The number of aryl methyl sites for hydroxylation is 1. The predicted octanol–water partition coefficient (Wildman–Crippen LogP) is 3.13. The van der Waals surface area contributed by atoms with Crippen molar-refractivity contribution in [1.29, 1.82) is 0 Å². The van der Waals surface area contributed by atoms with Crippen LogP contribution in [0.3, 0.4) is 0 Å². The first kappa shape index (κ1) is 15.5. The molecule has 0 N–H and O–H groups in total. The van der Waals surface area contributed by atoms with Gasteiger partial charge in [-0.1, -0.05) is 62.6 Å². The first-order valence-corrected chi connectivity index (χ1v) is 5.32. The Hall–Kier alpha value is -0.960. The lowest BCUT2D eigenvalue weighted by Gasteiger charge is -1.82. The number of hydrogen-bond acceptors (Lipinski definition) is 2. The molecular formula is C11H18O2S. The van der Waals surface area contributed by atoms with Crippen LogP contribution in [0.2, 0.25) is 0 Å². The fourth-order valence-electron chi connectivity index (χ4n) is 0.534. The summed E-state index contributed by atoms with van der Waals surface area (Å²) in [5, 5.41) is 0. The molecule has 0 aliphatic rings. The Morgan fingerprint density at radius 3 is 1.50 bits per heavy atom. The van der Waals surface area contributed by atoms with Gasteiger partial charge in [0.2, 0.25) is 0 Å². The molecule has 0 aromatic heterocycles. The van der Waals surface area contributed by atoms with Gasteiger partial charge in [-0.3, -0.25) is 0 Å². The van der Waals surface area contributed by atoms with Gasteiger partial charge < -0.3 is 0 Å². The Morgan fingerprint density at radius 2 is 1.36 bits per heavy atom. The third-order valence-corrected chi connectivity index (χ3v) is 1.44. The van der Waals surface area contributed by atoms with Crippen molar-refractivity contribution in [2.24, 2.45) is 0 Å². The Bertz CT molecular complexity index is 226. The van der Waals surface area contributed by atoms with E-state index in [4.69, 9.17) is 8.42 Å². The third-order valence-electron chi connectivity index (χ3n) is 1.44. The highest BCUT2D eigenvalue weighted by Gasteiger charge is 1.72. The van der Waals surface area contributed by atoms with Gasteiger partial charge in [0.15, 0.2) is 0 Å². The topological polar surface area (TPSA) is 34.1 Å². The fraction of sp³-hybridized carbons (Fsp3) is 0.455. The summed E-state index contributed by atoms with van der Waals surface area (Å²) in [5.74, 6) is 0. The molecule has 1 rings (SSSR count). The Labute approximate surface area is 90.0 Å². The maximum absolute atomic E-state index is 8.29. The highest BCUT2D eigenvalue weighted by molar-refractivity contribution is 7.51. The molecule has 0 spiro atoms. The molecule has 0 fully saturated rings. The molecule has 0 bridgehead atoms. The summed E-state index contributed by atoms with van der Waals surface area (Å²) >= 11 is -0.750. The van der Waals surface area contributed by atoms with Crippen LogP contribution in [-0.2, 0) is 11.6 Å². The van der Waals surface area contributed by atoms with Gasteiger partial charge in [0.25, 0.3) is 0 Å². The Balaban J connectivity index is 0. The molecule has 0 atom stereocenters. The molecule has 0 aliphatic carbocycles. The van der Waals surface area contributed by atoms with E-state index in [1.165, 1.54) is 18.4 Å². The third kappa shape index (κ3) is 17.2. The minimum absolute atomic E-state index is 0.750. The van der Waals surface area contributed by atoms with E-state index in [2.05, 4.69) is 32.9 Å². The molecule has 0 amide bonds. The van der Waals surface area contributed by atoms with E-state index >= 15 is 0 Å². The standard InChI is InChI=1S/C7H8.C4H10.O2S/c1-7-5-3-2-4-6-7;1-3-4-2;1-3-2/h2-6H,1H3;3-4H2,1-2H3;. The largest absolute Gasteiger partial charge is 0.335 e. The van der Waals surface area contributed by atoms with E-state index in [-0.39, 0.29) is 0 Å². The van der Waals surface area contributed by atoms with E-state index in [0.717, 1.165) is 0 Å². The maximum atomic E-state index is 8.29. The average molecular weight is 214 g/mol. The van der Waals surface area contributed by atoms with Gasteiger partial charge in [-0.2, -0.15) is 8.42 Å². The number of unbranched alkanes of at least 4 members (excludes halogenated alkanes) is 1. The van der Waals surface area contributed by atoms with Crippen LogP contribution in [-0.4, -0.2) is 8.42 Å². The van der Waals surface area contributed by atoms with Gasteiger partial charge in [0.05, 0.1) is 0 Å². The summed E-state index contributed by atoms with van der Waals surface area (Å²) in [6.07, 6.45) is 2.64. The van der Waals surface area contributed by atoms with Crippen molar-refractivity contribution in [1.82, 2.24) is 0 Å². The van der Waals surface area contributed by atoms with Crippen molar-refractivity contribution in [3.05, 3.63) is 35.9 Å². The Kier molecular flexibility index (Phi) is 16.1. The summed E-state index contributed by atoms with van der Waals surface area (Å²) in [5.41, 5.74) is 1.32. The molecule has 1 aromatic rings. The molecule has 0 aliphatic heterocycles.